The van der Waals surface area contributed by atoms with Crippen LogP contribution in [0.3, 0.4) is 0 Å². The SMILES string of the molecule is CC(C)(C)c1ccc(CCc2ncc[nH]2)cc1. The molecular formula is C15H20N2. The minimum atomic E-state index is 0.236. The van der Waals surface area contributed by atoms with Crippen molar-refractivity contribution in [1.29, 1.82) is 0 Å². The third kappa shape index (κ3) is 3.19. The number of rotatable bonds is 3. The van der Waals surface area contributed by atoms with Gasteiger partial charge in [0, 0.05) is 18.8 Å². The van der Waals surface area contributed by atoms with Gasteiger partial charge in [-0.1, -0.05) is 45.0 Å². The summed E-state index contributed by atoms with van der Waals surface area (Å²) in [6, 6.07) is 8.92. The molecule has 0 aliphatic carbocycles. The van der Waals surface area contributed by atoms with Crippen LogP contribution in [0, 0.1) is 0 Å². The molecule has 0 aliphatic rings. The zero-order valence-electron chi connectivity index (χ0n) is 10.8. The minimum absolute atomic E-state index is 0.236. The van der Waals surface area contributed by atoms with Crippen molar-refractivity contribution in [2.24, 2.45) is 0 Å². The van der Waals surface area contributed by atoms with E-state index in [0.717, 1.165) is 18.7 Å². The molecule has 2 nitrogen and oxygen atoms in total. The van der Waals surface area contributed by atoms with Gasteiger partial charge >= 0.3 is 0 Å². The van der Waals surface area contributed by atoms with Crippen LogP contribution in [0.1, 0.15) is 37.7 Å². The van der Waals surface area contributed by atoms with Crippen LogP contribution in [0.5, 0.6) is 0 Å². The lowest BCUT2D eigenvalue weighted by Crippen LogP contribution is -2.10. The number of aryl methyl sites for hydroxylation is 2. The summed E-state index contributed by atoms with van der Waals surface area (Å²) in [4.78, 5) is 7.36. The molecule has 90 valence electrons. The van der Waals surface area contributed by atoms with E-state index in [9.17, 15) is 0 Å². The topological polar surface area (TPSA) is 28.7 Å². The Balaban J connectivity index is 1.99. The van der Waals surface area contributed by atoms with Gasteiger partial charge in [0.05, 0.1) is 0 Å². The van der Waals surface area contributed by atoms with Crippen molar-refractivity contribution >= 4 is 0 Å². The van der Waals surface area contributed by atoms with Gasteiger partial charge in [-0.2, -0.15) is 0 Å². The summed E-state index contributed by atoms with van der Waals surface area (Å²) in [6.45, 7) is 6.72. The second-order valence-electron chi connectivity index (χ2n) is 5.48. The lowest BCUT2D eigenvalue weighted by molar-refractivity contribution is 0.590. The molecule has 0 spiro atoms. The third-order valence-corrected chi connectivity index (χ3v) is 3.03. The molecule has 0 aliphatic heterocycles. The quantitative estimate of drug-likeness (QED) is 0.856. The fraction of sp³-hybridized carbons (Fsp3) is 0.400. The number of hydrogen-bond acceptors (Lipinski definition) is 1. The van der Waals surface area contributed by atoms with E-state index in [1.807, 2.05) is 6.20 Å². The summed E-state index contributed by atoms with van der Waals surface area (Å²) in [5.41, 5.74) is 2.99. The summed E-state index contributed by atoms with van der Waals surface area (Å²) in [5, 5.41) is 0. The zero-order chi connectivity index (χ0) is 12.3. The van der Waals surface area contributed by atoms with Crippen molar-refractivity contribution in [3.05, 3.63) is 53.6 Å². The fourth-order valence-electron chi connectivity index (χ4n) is 1.87. The van der Waals surface area contributed by atoms with Crippen molar-refractivity contribution in [2.75, 3.05) is 0 Å². The van der Waals surface area contributed by atoms with E-state index in [4.69, 9.17) is 0 Å². The lowest BCUT2D eigenvalue weighted by Gasteiger charge is -2.19. The molecule has 0 saturated heterocycles. The molecule has 0 atom stereocenters. The highest BCUT2D eigenvalue weighted by molar-refractivity contribution is 5.27. The van der Waals surface area contributed by atoms with Gasteiger partial charge in [-0.3, -0.25) is 0 Å². The average molecular weight is 228 g/mol. The monoisotopic (exact) mass is 228 g/mol. The highest BCUT2D eigenvalue weighted by Gasteiger charge is 2.12. The Morgan fingerprint density at radius 1 is 1.06 bits per heavy atom. The van der Waals surface area contributed by atoms with E-state index in [0.29, 0.717) is 0 Å². The smallest absolute Gasteiger partial charge is 0.106 e. The van der Waals surface area contributed by atoms with E-state index in [1.165, 1.54) is 11.1 Å². The van der Waals surface area contributed by atoms with Crippen LogP contribution >= 0.6 is 0 Å². The van der Waals surface area contributed by atoms with Gasteiger partial charge in [0.1, 0.15) is 5.82 Å². The molecule has 0 bridgehead atoms. The normalized spacial score (nSPS) is 11.7. The van der Waals surface area contributed by atoms with Gasteiger partial charge in [-0.05, 0) is 23.0 Å². The van der Waals surface area contributed by atoms with Crippen molar-refractivity contribution in [3.8, 4) is 0 Å². The standard InChI is InChI=1S/C15H20N2/c1-15(2,3)13-7-4-12(5-8-13)6-9-14-16-10-11-17-14/h4-5,7-8,10-11H,6,9H2,1-3H3,(H,16,17). The molecule has 1 N–H and O–H groups in total. The summed E-state index contributed by atoms with van der Waals surface area (Å²) < 4.78 is 0. The Bertz CT molecular complexity index is 447. The molecule has 0 radical (unpaired) electrons. The third-order valence-electron chi connectivity index (χ3n) is 3.03. The van der Waals surface area contributed by atoms with Gasteiger partial charge in [-0.15, -0.1) is 0 Å². The Kier molecular flexibility index (Phi) is 3.32. The molecule has 2 heteroatoms. The first-order valence-corrected chi connectivity index (χ1v) is 6.13. The number of aromatic nitrogens is 2. The number of hydrogen-bond donors (Lipinski definition) is 1. The summed E-state index contributed by atoms with van der Waals surface area (Å²) in [5.74, 6) is 1.06. The first-order chi connectivity index (χ1) is 8.05. The fourth-order valence-corrected chi connectivity index (χ4v) is 1.87. The van der Waals surface area contributed by atoms with Gasteiger partial charge in [0.2, 0.25) is 0 Å². The predicted octanol–water partition coefficient (Wildman–Crippen LogP) is 3.49. The number of H-pyrrole nitrogens is 1. The number of benzene rings is 1. The van der Waals surface area contributed by atoms with E-state index in [-0.39, 0.29) is 5.41 Å². The van der Waals surface area contributed by atoms with E-state index < -0.39 is 0 Å². The summed E-state index contributed by atoms with van der Waals surface area (Å²) in [7, 11) is 0. The van der Waals surface area contributed by atoms with Crippen molar-refractivity contribution < 1.29 is 0 Å². The molecule has 0 unspecified atom stereocenters. The van der Waals surface area contributed by atoms with Crippen LogP contribution in [0.2, 0.25) is 0 Å². The highest BCUT2D eigenvalue weighted by atomic mass is 14.9. The molecule has 0 fully saturated rings. The molecule has 1 aromatic carbocycles. The van der Waals surface area contributed by atoms with Gasteiger partial charge < -0.3 is 4.98 Å². The van der Waals surface area contributed by atoms with Crippen molar-refractivity contribution in [2.45, 2.75) is 39.0 Å². The molecule has 0 saturated carbocycles. The summed E-state index contributed by atoms with van der Waals surface area (Å²) in [6.07, 6.45) is 5.69. The lowest BCUT2D eigenvalue weighted by atomic mass is 9.86. The van der Waals surface area contributed by atoms with E-state index >= 15 is 0 Å². The molecule has 2 rings (SSSR count). The summed E-state index contributed by atoms with van der Waals surface area (Å²) >= 11 is 0. The Hall–Kier alpha value is -1.57. The predicted molar refractivity (Wildman–Crippen MR) is 71.1 cm³/mol. The zero-order valence-corrected chi connectivity index (χ0v) is 10.8. The van der Waals surface area contributed by atoms with Crippen molar-refractivity contribution in [1.82, 2.24) is 9.97 Å². The molecule has 1 heterocycles. The van der Waals surface area contributed by atoms with Crippen LogP contribution in [0.4, 0.5) is 0 Å². The Morgan fingerprint density at radius 3 is 2.29 bits per heavy atom. The van der Waals surface area contributed by atoms with Crippen LogP contribution in [0.25, 0.3) is 0 Å². The number of aromatic amines is 1. The highest BCUT2D eigenvalue weighted by Crippen LogP contribution is 2.22. The van der Waals surface area contributed by atoms with Crippen LogP contribution < -0.4 is 0 Å². The second-order valence-corrected chi connectivity index (χ2v) is 5.48. The van der Waals surface area contributed by atoms with Gasteiger partial charge in [0.15, 0.2) is 0 Å². The first kappa shape index (κ1) is 11.9. The first-order valence-electron chi connectivity index (χ1n) is 6.13. The largest absolute Gasteiger partial charge is 0.349 e. The second kappa shape index (κ2) is 4.74. The van der Waals surface area contributed by atoms with Crippen LogP contribution in [-0.4, -0.2) is 9.97 Å². The average Bonchev–Trinajstić information content (AvgIpc) is 2.78. The van der Waals surface area contributed by atoms with Crippen LogP contribution in [0.15, 0.2) is 36.7 Å². The van der Waals surface area contributed by atoms with Crippen molar-refractivity contribution in [3.63, 3.8) is 0 Å². The molecule has 1 aromatic heterocycles. The van der Waals surface area contributed by atoms with Crippen LogP contribution in [-0.2, 0) is 18.3 Å². The maximum Gasteiger partial charge on any atom is 0.106 e. The molecule has 2 aromatic rings. The number of nitrogens with zero attached hydrogens (tertiary/aromatic N) is 1. The van der Waals surface area contributed by atoms with Gasteiger partial charge in [-0.25, -0.2) is 4.98 Å². The maximum absolute atomic E-state index is 4.23. The molecular weight excluding hydrogens is 208 g/mol. The minimum Gasteiger partial charge on any atom is -0.349 e. The molecule has 0 amide bonds. The Morgan fingerprint density at radius 2 is 1.76 bits per heavy atom. The number of imidazole rings is 1. The van der Waals surface area contributed by atoms with E-state index in [2.05, 4.69) is 55.0 Å². The Labute approximate surface area is 103 Å². The maximum atomic E-state index is 4.23. The van der Waals surface area contributed by atoms with Gasteiger partial charge in [0.25, 0.3) is 0 Å². The van der Waals surface area contributed by atoms with E-state index in [1.54, 1.807) is 6.20 Å². The molecule has 17 heavy (non-hydrogen) atoms. The number of nitrogens with one attached hydrogen (secondary N) is 1.